The second-order valence-electron chi connectivity index (χ2n) is 9.06. The van der Waals surface area contributed by atoms with E-state index in [4.69, 9.17) is 15.2 Å². The van der Waals surface area contributed by atoms with Gasteiger partial charge in [-0.1, -0.05) is 30.3 Å². The molecule has 1 fully saturated rings. The fraction of sp³-hybridized carbons (Fsp3) is 0.308. The maximum Gasteiger partial charge on any atom is 0.250 e. The lowest BCUT2D eigenvalue weighted by Crippen LogP contribution is -2.19. The van der Waals surface area contributed by atoms with Crippen molar-refractivity contribution in [3.63, 3.8) is 0 Å². The zero-order valence-corrected chi connectivity index (χ0v) is 19.0. The van der Waals surface area contributed by atoms with Gasteiger partial charge in [0.15, 0.2) is 5.76 Å². The Hall–Kier alpha value is -3.58. The summed E-state index contributed by atoms with van der Waals surface area (Å²) >= 11 is 0. The molecule has 1 saturated carbocycles. The first kappa shape index (κ1) is 21.3. The first-order valence-corrected chi connectivity index (χ1v) is 11.3. The van der Waals surface area contributed by atoms with Crippen molar-refractivity contribution in [3.8, 4) is 34.0 Å². The topological polar surface area (TPSA) is 99.8 Å². The van der Waals surface area contributed by atoms with Crippen molar-refractivity contribution >= 4 is 0 Å². The van der Waals surface area contributed by atoms with Crippen LogP contribution in [0.2, 0.25) is 0 Å². The number of benzene rings is 1. The molecule has 2 N–H and O–H groups in total. The fourth-order valence-corrected chi connectivity index (χ4v) is 4.06. The maximum absolute atomic E-state index is 12.3. The monoisotopic (exact) mass is 447 g/mol. The van der Waals surface area contributed by atoms with Crippen LogP contribution in [0.4, 0.5) is 0 Å². The first-order valence-electron chi connectivity index (χ1n) is 11.3. The lowest BCUT2D eigenvalue weighted by Gasteiger charge is -2.09. The lowest BCUT2D eigenvalue weighted by atomic mass is 10.0. The van der Waals surface area contributed by atoms with E-state index in [1.165, 1.54) is 6.42 Å². The highest BCUT2D eigenvalue weighted by Crippen LogP contribution is 2.38. The van der Waals surface area contributed by atoms with Gasteiger partial charge in [-0.25, -0.2) is 4.98 Å². The van der Waals surface area contributed by atoms with E-state index in [-0.39, 0.29) is 15.9 Å². The summed E-state index contributed by atoms with van der Waals surface area (Å²) in [4.78, 5) is 21.7. The molecular formula is C26H33N5O2. The van der Waals surface area contributed by atoms with Crippen molar-refractivity contribution in [2.75, 3.05) is 0 Å². The standard InChI is InChI=1S/C26H27N5O2.3H2/c1-15-9-21(15)14-31-13-20(7-8-25(31)32)23-12-28-17(3)26(29-23)24-11-22(30-33-24)19-6-4-5-18(10-19)16(2)27;;;/h4-8,10-13,15-16,21H,9,14,27H2,1-3H3;3*1H. The summed E-state index contributed by atoms with van der Waals surface area (Å²) in [7, 11) is 0. The molecule has 3 atom stereocenters. The van der Waals surface area contributed by atoms with Crippen molar-refractivity contribution in [1.29, 1.82) is 0 Å². The number of rotatable bonds is 6. The summed E-state index contributed by atoms with van der Waals surface area (Å²) in [5, 5.41) is 4.25. The lowest BCUT2D eigenvalue weighted by molar-refractivity contribution is 0.433. The zero-order valence-electron chi connectivity index (χ0n) is 19.0. The van der Waals surface area contributed by atoms with Crippen molar-refractivity contribution in [2.45, 2.75) is 39.8 Å². The first-order chi connectivity index (χ1) is 15.9. The fourth-order valence-electron chi connectivity index (χ4n) is 4.06. The summed E-state index contributed by atoms with van der Waals surface area (Å²) in [6, 6.07) is 13.2. The van der Waals surface area contributed by atoms with Crippen molar-refractivity contribution < 1.29 is 8.80 Å². The van der Waals surface area contributed by atoms with E-state index in [2.05, 4.69) is 17.1 Å². The van der Waals surface area contributed by atoms with Gasteiger partial charge in [-0.15, -0.1) is 0 Å². The molecule has 1 aliphatic carbocycles. The Labute approximate surface area is 196 Å². The van der Waals surface area contributed by atoms with Gasteiger partial charge in [-0.3, -0.25) is 9.78 Å². The van der Waals surface area contributed by atoms with Crippen LogP contribution in [-0.4, -0.2) is 19.7 Å². The van der Waals surface area contributed by atoms with E-state index in [0.29, 0.717) is 34.7 Å². The number of hydrogen-bond acceptors (Lipinski definition) is 6. The van der Waals surface area contributed by atoms with Crippen LogP contribution in [0, 0.1) is 18.8 Å². The average Bonchev–Trinajstić information content (AvgIpc) is 3.29. The summed E-state index contributed by atoms with van der Waals surface area (Å²) in [6.45, 7) is 6.80. The average molecular weight is 448 g/mol. The predicted molar refractivity (Wildman–Crippen MR) is 134 cm³/mol. The highest BCUT2D eigenvalue weighted by Gasteiger charge is 2.32. The van der Waals surface area contributed by atoms with Crippen LogP contribution in [0.5, 0.6) is 0 Å². The number of pyridine rings is 1. The number of nitrogens with zero attached hydrogens (tertiary/aromatic N) is 4. The Morgan fingerprint density at radius 2 is 2.03 bits per heavy atom. The molecule has 0 bridgehead atoms. The molecule has 33 heavy (non-hydrogen) atoms. The van der Waals surface area contributed by atoms with Crippen LogP contribution in [-0.2, 0) is 6.54 Å². The summed E-state index contributed by atoms with van der Waals surface area (Å²) in [5.74, 6) is 1.80. The van der Waals surface area contributed by atoms with Gasteiger partial charge in [0.05, 0.1) is 17.6 Å². The second-order valence-corrected chi connectivity index (χ2v) is 9.06. The molecule has 3 heterocycles. The zero-order chi connectivity index (χ0) is 23.1. The van der Waals surface area contributed by atoms with Crippen LogP contribution in [0.3, 0.4) is 0 Å². The third-order valence-electron chi connectivity index (χ3n) is 6.39. The van der Waals surface area contributed by atoms with Crippen LogP contribution in [0.15, 0.2) is 64.2 Å². The van der Waals surface area contributed by atoms with Crippen molar-refractivity contribution in [2.24, 2.45) is 17.6 Å². The van der Waals surface area contributed by atoms with Crippen LogP contribution < -0.4 is 11.3 Å². The molecule has 3 unspecified atom stereocenters. The van der Waals surface area contributed by atoms with E-state index >= 15 is 0 Å². The minimum absolute atomic E-state index is 0. The molecule has 0 saturated heterocycles. The molecule has 4 aromatic rings. The highest BCUT2D eigenvalue weighted by molar-refractivity contribution is 5.68. The SMILES string of the molecule is Cc1ncc(-c2ccc(=O)n(CC3CC3C)c2)nc1-c1cc(-c2cccc(C(C)N)c2)no1.[HH].[HH].[HH]. The normalized spacial score (nSPS) is 18.3. The van der Waals surface area contributed by atoms with E-state index in [1.54, 1.807) is 22.9 Å². The molecule has 0 amide bonds. The van der Waals surface area contributed by atoms with E-state index in [0.717, 1.165) is 28.9 Å². The number of aryl methyl sites for hydroxylation is 1. The number of hydrogen-bond donors (Lipinski definition) is 1. The van der Waals surface area contributed by atoms with Gasteiger partial charge < -0.3 is 14.8 Å². The Morgan fingerprint density at radius 3 is 2.79 bits per heavy atom. The quantitative estimate of drug-likeness (QED) is 0.428. The molecule has 7 heteroatoms. The van der Waals surface area contributed by atoms with Gasteiger partial charge >= 0.3 is 0 Å². The summed E-state index contributed by atoms with van der Waals surface area (Å²) in [5.41, 5.74) is 11.6. The van der Waals surface area contributed by atoms with Gasteiger partial charge in [0, 0.05) is 46.3 Å². The molecule has 1 aliphatic rings. The molecule has 5 rings (SSSR count). The molecule has 174 valence electrons. The Morgan fingerprint density at radius 1 is 1.21 bits per heavy atom. The van der Waals surface area contributed by atoms with Gasteiger partial charge in [-0.2, -0.15) is 0 Å². The minimum Gasteiger partial charge on any atom is -0.354 e. The Bertz CT molecular complexity index is 1390. The molecule has 0 spiro atoms. The smallest absolute Gasteiger partial charge is 0.250 e. The van der Waals surface area contributed by atoms with Crippen LogP contribution in [0.1, 0.15) is 41.8 Å². The molecule has 0 aliphatic heterocycles. The third kappa shape index (κ3) is 4.36. The van der Waals surface area contributed by atoms with E-state index in [1.807, 2.05) is 50.4 Å². The molecule has 0 radical (unpaired) electrons. The Kier molecular flexibility index (Phi) is 5.42. The van der Waals surface area contributed by atoms with Gasteiger partial charge in [0.2, 0.25) is 0 Å². The molecular weight excluding hydrogens is 414 g/mol. The molecule has 3 aromatic heterocycles. The van der Waals surface area contributed by atoms with Crippen molar-refractivity contribution in [1.82, 2.24) is 19.7 Å². The van der Waals surface area contributed by atoms with E-state index < -0.39 is 0 Å². The highest BCUT2D eigenvalue weighted by atomic mass is 16.5. The maximum atomic E-state index is 12.3. The van der Waals surface area contributed by atoms with E-state index in [9.17, 15) is 4.79 Å². The van der Waals surface area contributed by atoms with Gasteiger partial charge in [0.25, 0.3) is 5.56 Å². The van der Waals surface area contributed by atoms with Crippen molar-refractivity contribution in [3.05, 3.63) is 76.5 Å². The molecule has 1 aromatic carbocycles. The number of nitrogens with two attached hydrogens (primary N) is 1. The largest absolute Gasteiger partial charge is 0.354 e. The predicted octanol–water partition coefficient (Wildman–Crippen LogP) is 5.35. The van der Waals surface area contributed by atoms with Crippen LogP contribution >= 0.6 is 0 Å². The third-order valence-corrected chi connectivity index (χ3v) is 6.39. The van der Waals surface area contributed by atoms with Gasteiger partial charge in [-0.05, 0) is 49.8 Å². The molecule has 7 nitrogen and oxygen atoms in total. The second kappa shape index (κ2) is 8.41. The van der Waals surface area contributed by atoms with Gasteiger partial charge in [0.1, 0.15) is 11.4 Å². The summed E-state index contributed by atoms with van der Waals surface area (Å²) < 4.78 is 7.43. The minimum atomic E-state index is -0.0625. The Balaban J connectivity index is 0.00000152. The summed E-state index contributed by atoms with van der Waals surface area (Å²) in [6.07, 6.45) is 4.78. The van der Waals surface area contributed by atoms with Crippen LogP contribution in [0.25, 0.3) is 34.0 Å². The number of aromatic nitrogens is 4.